The van der Waals surface area contributed by atoms with Gasteiger partial charge in [0.15, 0.2) is 0 Å². The van der Waals surface area contributed by atoms with Gasteiger partial charge in [-0.3, -0.25) is 0 Å². The maximum atomic E-state index is 13.5. The summed E-state index contributed by atoms with van der Waals surface area (Å²) in [6.07, 6.45) is 0. The van der Waals surface area contributed by atoms with Gasteiger partial charge in [-0.2, -0.15) is 0 Å². The van der Waals surface area contributed by atoms with Crippen LogP contribution in [0.1, 0.15) is 24.1 Å². The van der Waals surface area contributed by atoms with Crippen molar-refractivity contribution in [2.45, 2.75) is 19.5 Å². The Labute approximate surface area is 101 Å². The van der Waals surface area contributed by atoms with Crippen LogP contribution in [0.5, 0.6) is 0 Å². The first kappa shape index (κ1) is 11.8. The fourth-order valence-electron chi connectivity index (χ4n) is 1.80. The molecule has 1 nitrogen and oxygen atoms in total. The molecule has 0 spiro atoms. The maximum absolute atomic E-state index is 13.5. The second-order valence-corrected chi connectivity index (χ2v) is 4.11. The van der Waals surface area contributed by atoms with E-state index in [2.05, 4.69) is 17.4 Å². The van der Waals surface area contributed by atoms with E-state index in [0.717, 1.165) is 6.54 Å². The molecule has 1 unspecified atom stereocenters. The monoisotopic (exact) mass is 229 g/mol. The third-order valence-electron chi connectivity index (χ3n) is 2.83. The fourth-order valence-corrected chi connectivity index (χ4v) is 1.80. The van der Waals surface area contributed by atoms with Gasteiger partial charge in [0, 0.05) is 18.2 Å². The van der Waals surface area contributed by atoms with E-state index >= 15 is 0 Å². The van der Waals surface area contributed by atoms with Crippen LogP contribution >= 0.6 is 0 Å². The smallest absolute Gasteiger partial charge is 0.127 e. The third-order valence-corrected chi connectivity index (χ3v) is 2.83. The highest BCUT2D eigenvalue weighted by Gasteiger charge is 2.08. The number of halogens is 1. The Kier molecular flexibility index (Phi) is 3.89. The zero-order chi connectivity index (χ0) is 12.1. The Morgan fingerprint density at radius 1 is 1.00 bits per heavy atom. The Bertz CT molecular complexity index is 467. The van der Waals surface area contributed by atoms with Gasteiger partial charge in [-0.15, -0.1) is 0 Å². The van der Waals surface area contributed by atoms with E-state index < -0.39 is 0 Å². The zero-order valence-corrected chi connectivity index (χ0v) is 9.86. The van der Waals surface area contributed by atoms with Gasteiger partial charge in [0.05, 0.1) is 0 Å². The average molecular weight is 229 g/mol. The SMILES string of the molecule is CC(NCc1ccccc1)c1ccccc1F. The summed E-state index contributed by atoms with van der Waals surface area (Å²) in [7, 11) is 0. The van der Waals surface area contributed by atoms with Gasteiger partial charge in [0.25, 0.3) is 0 Å². The summed E-state index contributed by atoms with van der Waals surface area (Å²) < 4.78 is 13.5. The van der Waals surface area contributed by atoms with E-state index in [1.54, 1.807) is 6.07 Å². The molecule has 1 atom stereocenters. The quantitative estimate of drug-likeness (QED) is 0.843. The van der Waals surface area contributed by atoms with E-state index in [-0.39, 0.29) is 11.9 Å². The molecule has 0 aliphatic heterocycles. The van der Waals surface area contributed by atoms with Crippen molar-refractivity contribution in [3.63, 3.8) is 0 Å². The first-order valence-corrected chi connectivity index (χ1v) is 5.79. The summed E-state index contributed by atoms with van der Waals surface area (Å²) in [5.41, 5.74) is 1.92. The molecule has 17 heavy (non-hydrogen) atoms. The standard InChI is InChI=1S/C15H16FN/c1-12(14-9-5-6-10-15(14)16)17-11-13-7-3-2-4-8-13/h2-10,12,17H,11H2,1H3. The van der Waals surface area contributed by atoms with Crippen LogP contribution < -0.4 is 5.32 Å². The minimum atomic E-state index is -0.152. The Morgan fingerprint density at radius 2 is 1.65 bits per heavy atom. The highest BCUT2D eigenvalue weighted by Crippen LogP contribution is 2.16. The Hall–Kier alpha value is -1.67. The molecule has 0 radical (unpaired) electrons. The van der Waals surface area contributed by atoms with Crippen molar-refractivity contribution in [2.24, 2.45) is 0 Å². The van der Waals surface area contributed by atoms with Gasteiger partial charge in [-0.05, 0) is 18.6 Å². The summed E-state index contributed by atoms with van der Waals surface area (Å²) in [4.78, 5) is 0. The highest BCUT2D eigenvalue weighted by molar-refractivity contribution is 5.21. The highest BCUT2D eigenvalue weighted by atomic mass is 19.1. The van der Waals surface area contributed by atoms with Crippen LogP contribution in [-0.4, -0.2) is 0 Å². The molecule has 0 heterocycles. The molecule has 2 rings (SSSR count). The topological polar surface area (TPSA) is 12.0 Å². The van der Waals surface area contributed by atoms with Crippen molar-refractivity contribution >= 4 is 0 Å². The van der Waals surface area contributed by atoms with E-state index in [4.69, 9.17) is 0 Å². The summed E-state index contributed by atoms with van der Waals surface area (Å²) in [6, 6.07) is 17.0. The van der Waals surface area contributed by atoms with Crippen molar-refractivity contribution in [3.8, 4) is 0 Å². The molecule has 2 aromatic carbocycles. The van der Waals surface area contributed by atoms with Crippen LogP contribution in [0.15, 0.2) is 54.6 Å². The lowest BCUT2D eigenvalue weighted by Crippen LogP contribution is -2.19. The second kappa shape index (κ2) is 5.60. The van der Waals surface area contributed by atoms with E-state index in [9.17, 15) is 4.39 Å². The zero-order valence-electron chi connectivity index (χ0n) is 9.86. The van der Waals surface area contributed by atoms with Gasteiger partial charge in [0.2, 0.25) is 0 Å². The van der Waals surface area contributed by atoms with Crippen LogP contribution in [0.4, 0.5) is 4.39 Å². The Balaban J connectivity index is 1.99. The molecule has 0 fully saturated rings. The first-order chi connectivity index (χ1) is 8.27. The van der Waals surface area contributed by atoms with Gasteiger partial charge in [-0.1, -0.05) is 48.5 Å². The van der Waals surface area contributed by atoms with E-state index in [1.807, 2.05) is 37.3 Å². The van der Waals surface area contributed by atoms with Gasteiger partial charge in [-0.25, -0.2) is 4.39 Å². The lowest BCUT2D eigenvalue weighted by molar-refractivity contribution is 0.528. The van der Waals surface area contributed by atoms with Gasteiger partial charge >= 0.3 is 0 Å². The molecule has 0 aromatic heterocycles. The third kappa shape index (κ3) is 3.14. The van der Waals surface area contributed by atoms with Crippen molar-refractivity contribution in [1.29, 1.82) is 0 Å². The molecule has 0 aliphatic rings. The predicted molar refractivity (Wildman–Crippen MR) is 68.1 cm³/mol. The maximum Gasteiger partial charge on any atom is 0.127 e. The molecule has 2 heteroatoms. The number of hydrogen-bond acceptors (Lipinski definition) is 1. The van der Waals surface area contributed by atoms with Crippen LogP contribution in [0.25, 0.3) is 0 Å². The lowest BCUT2D eigenvalue weighted by atomic mass is 10.1. The summed E-state index contributed by atoms with van der Waals surface area (Å²) in [5.74, 6) is -0.152. The summed E-state index contributed by atoms with van der Waals surface area (Å²) in [6.45, 7) is 2.72. The summed E-state index contributed by atoms with van der Waals surface area (Å²) in [5, 5.41) is 3.32. The first-order valence-electron chi connectivity index (χ1n) is 5.79. The molecule has 0 amide bonds. The molecule has 0 saturated heterocycles. The van der Waals surface area contributed by atoms with Crippen LogP contribution in [-0.2, 0) is 6.54 Å². The van der Waals surface area contributed by atoms with Crippen molar-refractivity contribution in [3.05, 3.63) is 71.5 Å². The minimum absolute atomic E-state index is 0.0106. The lowest BCUT2D eigenvalue weighted by Gasteiger charge is -2.14. The molecule has 2 aromatic rings. The molecule has 0 bridgehead atoms. The molecule has 1 N–H and O–H groups in total. The number of benzene rings is 2. The predicted octanol–water partition coefficient (Wildman–Crippen LogP) is 3.68. The van der Waals surface area contributed by atoms with Gasteiger partial charge < -0.3 is 5.32 Å². The summed E-state index contributed by atoms with van der Waals surface area (Å²) >= 11 is 0. The number of rotatable bonds is 4. The van der Waals surface area contributed by atoms with E-state index in [0.29, 0.717) is 5.56 Å². The second-order valence-electron chi connectivity index (χ2n) is 4.11. The molecular weight excluding hydrogens is 213 g/mol. The molecule has 0 aliphatic carbocycles. The number of nitrogens with one attached hydrogen (secondary N) is 1. The van der Waals surface area contributed by atoms with E-state index in [1.165, 1.54) is 11.6 Å². The molecule has 88 valence electrons. The normalized spacial score (nSPS) is 12.4. The Morgan fingerprint density at radius 3 is 2.35 bits per heavy atom. The van der Waals surface area contributed by atoms with Gasteiger partial charge in [0.1, 0.15) is 5.82 Å². The van der Waals surface area contributed by atoms with Crippen molar-refractivity contribution < 1.29 is 4.39 Å². The number of hydrogen-bond donors (Lipinski definition) is 1. The van der Waals surface area contributed by atoms with Crippen LogP contribution in [0.3, 0.4) is 0 Å². The van der Waals surface area contributed by atoms with Crippen molar-refractivity contribution in [2.75, 3.05) is 0 Å². The largest absolute Gasteiger partial charge is 0.306 e. The average Bonchev–Trinajstić information content (AvgIpc) is 2.38. The molecular formula is C15H16FN. The molecule has 0 saturated carbocycles. The van der Waals surface area contributed by atoms with Crippen molar-refractivity contribution in [1.82, 2.24) is 5.32 Å². The fraction of sp³-hybridized carbons (Fsp3) is 0.200. The minimum Gasteiger partial charge on any atom is -0.306 e. The van der Waals surface area contributed by atoms with Crippen LogP contribution in [0, 0.1) is 5.82 Å². The van der Waals surface area contributed by atoms with Crippen LogP contribution in [0.2, 0.25) is 0 Å².